The van der Waals surface area contributed by atoms with Crippen LogP contribution in [0.2, 0.25) is 0 Å². The van der Waals surface area contributed by atoms with Crippen LogP contribution in [-0.2, 0) is 40.3 Å². The van der Waals surface area contributed by atoms with Crippen LogP contribution < -0.4 is 4.74 Å². The number of fused-ring (bicyclic) bond motifs is 3. The molecule has 0 bridgehead atoms. The van der Waals surface area contributed by atoms with Crippen LogP contribution >= 0.6 is 0 Å². The number of para-hydroxylation sites is 1. The Morgan fingerprint density at radius 2 is 1.50 bits per heavy atom. The van der Waals surface area contributed by atoms with Gasteiger partial charge in [-0.25, -0.2) is 0 Å². The van der Waals surface area contributed by atoms with Crippen molar-refractivity contribution in [1.82, 2.24) is 14.3 Å². The molecule has 7 aromatic rings. The van der Waals surface area contributed by atoms with Gasteiger partial charge in [-0.3, -0.25) is 4.68 Å². The molecule has 52 heavy (non-hydrogen) atoms. The first-order valence-corrected chi connectivity index (χ1v) is 18.6. The molecule has 0 N–H and O–H groups in total. The summed E-state index contributed by atoms with van der Waals surface area (Å²) in [5.74, 6) is 2.23. The van der Waals surface area contributed by atoms with Crippen LogP contribution in [-0.4, -0.2) is 14.3 Å². The Labute approximate surface area is 324 Å². The van der Waals surface area contributed by atoms with Crippen molar-refractivity contribution in [3.05, 3.63) is 137 Å². The SMILES string of the molecule is CCc1cccc(CC)c1-c1c(C)nn(-c2[c-]c(Oc3[c-]c4c(cc3)c3ccccc3n4-c3[c-]ccc(CCC(C)C)c3)cc(C(C)C)c2)c1C.[Pt]. The van der Waals surface area contributed by atoms with E-state index < -0.39 is 0 Å². The standard InChI is InChI=1S/C47H48N3O.Pt/c1-9-35-16-14-17-36(10-2)47(35)46-32(7)48-50(33(46)8)39-26-37(31(5)6)27-41(28-39)51-40-23-24-43-42-19-11-12-20-44(42)49(45(43)29-40)38-18-13-15-34(25-38)22-21-30(3)4;/h11-17,19-20,23-27,30-31H,9-10,21-22H2,1-8H3;/q-3;. The van der Waals surface area contributed by atoms with Gasteiger partial charge in [0.15, 0.2) is 0 Å². The van der Waals surface area contributed by atoms with E-state index in [0.717, 1.165) is 64.9 Å². The number of nitrogens with zero attached hydrogens (tertiary/aromatic N) is 3. The summed E-state index contributed by atoms with van der Waals surface area (Å²) in [4.78, 5) is 0. The molecule has 0 spiro atoms. The Balaban J connectivity index is 0.00000464. The molecule has 0 unspecified atom stereocenters. The Morgan fingerprint density at radius 1 is 0.750 bits per heavy atom. The third-order valence-corrected chi connectivity index (χ3v) is 10.2. The molecule has 4 nitrogen and oxygen atoms in total. The maximum absolute atomic E-state index is 6.67. The summed E-state index contributed by atoms with van der Waals surface area (Å²) in [6.45, 7) is 17.7. The summed E-state index contributed by atoms with van der Waals surface area (Å²) in [5.41, 5.74) is 13.8. The fourth-order valence-electron chi connectivity index (χ4n) is 7.40. The average molecular weight is 866 g/mol. The monoisotopic (exact) mass is 865 g/mol. The predicted octanol–water partition coefficient (Wildman–Crippen LogP) is 12.3. The summed E-state index contributed by atoms with van der Waals surface area (Å²) >= 11 is 0. The predicted molar refractivity (Wildman–Crippen MR) is 212 cm³/mol. The summed E-state index contributed by atoms with van der Waals surface area (Å²) in [6, 6.07) is 41.0. The molecule has 0 aliphatic heterocycles. The number of aromatic nitrogens is 3. The van der Waals surface area contributed by atoms with Gasteiger partial charge in [-0.2, -0.15) is 34.9 Å². The number of hydrogen-bond donors (Lipinski definition) is 0. The molecule has 0 fully saturated rings. The average Bonchev–Trinajstić information content (AvgIpc) is 3.62. The van der Waals surface area contributed by atoms with Crippen LogP contribution in [0.3, 0.4) is 0 Å². The van der Waals surface area contributed by atoms with Crippen LogP contribution in [0, 0.1) is 38.0 Å². The third-order valence-electron chi connectivity index (χ3n) is 10.2. The Morgan fingerprint density at radius 3 is 2.21 bits per heavy atom. The van der Waals surface area contributed by atoms with Gasteiger partial charge in [-0.1, -0.05) is 95.6 Å². The molecular formula is C47H48N3OPt-3. The number of benzene rings is 5. The van der Waals surface area contributed by atoms with Crippen LogP contribution in [0.5, 0.6) is 11.5 Å². The van der Waals surface area contributed by atoms with Crippen molar-refractivity contribution < 1.29 is 25.8 Å². The zero-order valence-electron chi connectivity index (χ0n) is 31.6. The zero-order chi connectivity index (χ0) is 35.8. The molecular weight excluding hydrogens is 818 g/mol. The number of rotatable bonds is 11. The first-order valence-electron chi connectivity index (χ1n) is 18.6. The number of aryl methyl sites for hydroxylation is 4. The fraction of sp³-hybridized carbons (Fsp3) is 0.298. The van der Waals surface area contributed by atoms with E-state index in [2.05, 4.69) is 151 Å². The van der Waals surface area contributed by atoms with E-state index >= 15 is 0 Å². The van der Waals surface area contributed by atoms with Gasteiger partial charge in [-0.15, -0.1) is 47.3 Å². The molecule has 0 atom stereocenters. The van der Waals surface area contributed by atoms with Gasteiger partial charge in [0.2, 0.25) is 0 Å². The van der Waals surface area contributed by atoms with Gasteiger partial charge in [0.1, 0.15) is 0 Å². The van der Waals surface area contributed by atoms with Crippen molar-refractivity contribution in [1.29, 1.82) is 0 Å². The molecule has 0 radical (unpaired) electrons. The Kier molecular flexibility index (Phi) is 11.3. The third kappa shape index (κ3) is 7.15. The molecule has 0 saturated carbocycles. The van der Waals surface area contributed by atoms with Crippen molar-refractivity contribution in [2.75, 3.05) is 0 Å². The van der Waals surface area contributed by atoms with Crippen molar-refractivity contribution in [3.63, 3.8) is 0 Å². The second-order valence-corrected chi connectivity index (χ2v) is 14.5. The summed E-state index contributed by atoms with van der Waals surface area (Å²) in [5, 5.41) is 7.43. The van der Waals surface area contributed by atoms with Gasteiger partial charge < -0.3 is 9.30 Å². The van der Waals surface area contributed by atoms with E-state index in [1.807, 2.05) is 16.8 Å². The quantitative estimate of drug-likeness (QED) is 0.121. The Bertz CT molecular complexity index is 2340. The van der Waals surface area contributed by atoms with Crippen molar-refractivity contribution >= 4 is 21.8 Å². The van der Waals surface area contributed by atoms with Gasteiger partial charge in [0.05, 0.1) is 5.69 Å². The Hall–Kier alpha value is -4.40. The number of hydrogen-bond acceptors (Lipinski definition) is 2. The maximum Gasteiger partial charge on any atom is 0.0678 e. The first-order chi connectivity index (χ1) is 24.7. The van der Waals surface area contributed by atoms with E-state index in [9.17, 15) is 0 Å². The van der Waals surface area contributed by atoms with E-state index in [0.29, 0.717) is 17.4 Å². The van der Waals surface area contributed by atoms with E-state index in [4.69, 9.17) is 9.84 Å². The van der Waals surface area contributed by atoms with Crippen LogP contribution in [0.1, 0.15) is 87.5 Å². The van der Waals surface area contributed by atoms with E-state index in [1.165, 1.54) is 38.8 Å². The largest absolute Gasteiger partial charge is 0.509 e. The molecule has 0 amide bonds. The molecule has 0 saturated heterocycles. The van der Waals surface area contributed by atoms with Crippen LogP contribution in [0.25, 0.3) is 44.3 Å². The van der Waals surface area contributed by atoms with Gasteiger partial charge >= 0.3 is 0 Å². The summed E-state index contributed by atoms with van der Waals surface area (Å²) < 4.78 is 11.0. The molecule has 0 aliphatic carbocycles. The minimum Gasteiger partial charge on any atom is -0.509 e. The van der Waals surface area contributed by atoms with E-state index in [-0.39, 0.29) is 27.0 Å². The first kappa shape index (κ1) is 37.4. The zero-order valence-corrected chi connectivity index (χ0v) is 33.9. The molecule has 5 aromatic carbocycles. The van der Waals surface area contributed by atoms with Gasteiger partial charge in [0, 0.05) is 49.3 Å². The van der Waals surface area contributed by atoms with Gasteiger partial charge in [-0.05, 0) is 78.8 Å². The van der Waals surface area contributed by atoms with Crippen molar-refractivity contribution in [3.8, 4) is 34.0 Å². The van der Waals surface area contributed by atoms with E-state index in [1.54, 1.807) is 0 Å². The molecule has 2 aromatic heterocycles. The molecule has 2 heterocycles. The minimum absolute atomic E-state index is 0. The molecule has 0 aliphatic rings. The van der Waals surface area contributed by atoms with Crippen molar-refractivity contribution in [2.45, 2.75) is 87.0 Å². The second-order valence-electron chi connectivity index (χ2n) is 14.5. The maximum atomic E-state index is 6.67. The smallest absolute Gasteiger partial charge is 0.0678 e. The topological polar surface area (TPSA) is 32.0 Å². The fourth-order valence-corrected chi connectivity index (χ4v) is 7.40. The summed E-state index contributed by atoms with van der Waals surface area (Å²) in [7, 11) is 0. The molecule has 5 heteroatoms. The minimum atomic E-state index is 0. The normalized spacial score (nSPS) is 11.6. The van der Waals surface area contributed by atoms with Gasteiger partial charge in [0.25, 0.3) is 0 Å². The summed E-state index contributed by atoms with van der Waals surface area (Å²) in [6.07, 6.45) is 4.14. The molecule has 270 valence electrons. The second kappa shape index (κ2) is 15.7. The van der Waals surface area contributed by atoms with Crippen LogP contribution in [0.4, 0.5) is 0 Å². The molecule has 7 rings (SSSR count). The van der Waals surface area contributed by atoms with Crippen LogP contribution in [0.15, 0.2) is 84.9 Å². The van der Waals surface area contributed by atoms with Crippen molar-refractivity contribution in [2.24, 2.45) is 5.92 Å². The number of ether oxygens (including phenoxy) is 1.